The van der Waals surface area contributed by atoms with Crippen LogP contribution in [0.5, 0.6) is 0 Å². The maximum absolute atomic E-state index is 12.7. The highest BCUT2D eigenvalue weighted by atomic mass is 35.5. The minimum atomic E-state index is -0.0407. The molecule has 1 spiro atoms. The molecule has 2 nitrogen and oxygen atoms in total. The van der Waals surface area contributed by atoms with Crippen LogP contribution in [0.3, 0.4) is 0 Å². The van der Waals surface area contributed by atoms with E-state index in [1.807, 2.05) is 0 Å². The van der Waals surface area contributed by atoms with Gasteiger partial charge in [0, 0.05) is 28.1 Å². The number of ketones is 1. The number of Topliss-reactive ketones (excluding diaryl/α,β-unsaturated/α-hetero) is 1. The molecule has 1 aromatic carbocycles. The van der Waals surface area contributed by atoms with E-state index in [9.17, 15) is 4.79 Å². The minimum absolute atomic E-state index is 0.0383. The van der Waals surface area contributed by atoms with Crippen LogP contribution >= 0.6 is 23.2 Å². The maximum atomic E-state index is 12.7. The molecule has 1 heterocycles. The fourth-order valence-corrected chi connectivity index (χ4v) is 4.08. The molecule has 0 N–H and O–H groups in total. The molecular formula is C16H18Cl2O2. The molecule has 1 aliphatic carbocycles. The lowest BCUT2D eigenvalue weighted by atomic mass is 9.81. The zero-order valence-electron chi connectivity index (χ0n) is 11.3. The van der Waals surface area contributed by atoms with Crippen molar-refractivity contribution in [2.24, 2.45) is 5.92 Å². The van der Waals surface area contributed by atoms with Crippen molar-refractivity contribution in [3.63, 3.8) is 0 Å². The third kappa shape index (κ3) is 2.88. The third-order valence-corrected chi connectivity index (χ3v) is 4.96. The Morgan fingerprint density at radius 2 is 1.80 bits per heavy atom. The average molecular weight is 313 g/mol. The second-order valence-corrected chi connectivity index (χ2v) is 6.82. The molecule has 3 rings (SSSR count). The molecule has 20 heavy (non-hydrogen) atoms. The monoisotopic (exact) mass is 312 g/mol. The van der Waals surface area contributed by atoms with Gasteiger partial charge in [0.1, 0.15) is 0 Å². The molecule has 2 fully saturated rings. The number of carbonyl (C=O) groups excluding carboxylic acids is 1. The molecule has 0 radical (unpaired) electrons. The van der Waals surface area contributed by atoms with E-state index < -0.39 is 0 Å². The van der Waals surface area contributed by atoms with Crippen molar-refractivity contribution in [1.82, 2.24) is 0 Å². The van der Waals surface area contributed by atoms with E-state index >= 15 is 0 Å². The van der Waals surface area contributed by atoms with Gasteiger partial charge in [0.2, 0.25) is 0 Å². The summed E-state index contributed by atoms with van der Waals surface area (Å²) < 4.78 is 5.99. The minimum Gasteiger partial charge on any atom is -0.375 e. The van der Waals surface area contributed by atoms with E-state index in [2.05, 4.69) is 0 Å². The van der Waals surface area contributed by atoms with Gasteiger partial charge < -0.3 is 4.74 Å². The Bertz CT molecular complexity index is 501. The first-order valence-electron chi connectivity index (χ1n) is 7.22. The molecule has 1 aliphatic heterocycles. The predicted molar refractivity (Wildman–Crippen MR) is 80.7 cm³/mol. The standard InChI is InChI=1S/C16H18Cl2O2/c17-13-7-12(8-14(18)9-13)15(19)11-3-6-20-16(10-11)4-1-2-5-16/h7-9,11H,1-6,10H2. The van der Waals surface area contributed by atoms with Crippen molar-refractivity contribution in [1.29, 1.82) is 0 Å². The van der Waals surface area contributed by atoms with Crippen molar-refractivity contribution < 1.29 is 9.53 Å². The molecule has 1 saturated carbocycles. The Morgan fingerprint density at radius 3 is 2.45 bits per heavy atom. The SMILES string of the molecule is O=C(c1cc(Cl)cc(Cl)c1)C1CCOC2(CCCC2)C1. The molecule has 0 aromatic heterocycles. The first kappa shape index (κ1) is 14.4. The summed E-state index contributed by atoms with van der Waals surface area (Å²) in [6, 6.07) is 5.08. The topological polar surface area (TPSA) is 26.3 Å². The van der Waals surface area contributed by atoms with E-state index in [1.54, 1.807) is 18.2 Å². The summed E-state index contributed by atoms with van der Waals surface area (Å²) in [5.41, 5.74) is 0.587. The van der Waals surface area contributed by atoms with Gasteiger partial charge in [0.15, 0.2) is 5.78 Å². The van der Waals surface area contributed by atoms with Crippen LogP contribution in [-0.4, -0.2) is 18.0 Å². The molecular weight excluding hydrogens is 295 g/mol. The smallest absolute Gasteiger partial charge is 0.166 e. The summed E-state index contributed by atoms with van der Waals surface area (Å²) in [6.45, 7) is 0.685. The molecule has 1 saturated heterocycles. The molecule has 0 amide bonds. The van der Waals surface area contributed by atoms with E-state index in [0.717, 1.165) is 25.7 Å². The average Bonchev–Trinajstić information content (AvgIpc) is 2.85. The van der Waals surface area contributed by atoms with Crippen molar-refractivity contribution in [2.45, 2.75) is 44.1 Å². The second kappa shape index (κ2) is 5.67. The zero-order chi connectivity index (χ0) is 14.2. The summed E-state index contributed by atoms with van der Waals surface area (Å²) in [4.78, 5) is 12.7. The van der Waals surface area contributed by atoms with Crippen molar-refractivity contribution in [2.75, 3.05) is 6.61 Å². The van der Waals surface area contributed by atoms with Crippen LogP contribution < -0.4 is 0 Å². The first-order chi connectivity index (χ1) is 9.58. The normalized spacial score (nSPS) is 25.0. The van der Waals surface area contributed by atoms with Crippen LogP contribution in [-0.2, 0) is 4.74 Å². The van der Waals surface area contributed by atoms with Crippen LogP contribution in [0.2, 0.25) is 10.0 Å². The summed E-state index contributed by atoms with van der Waals surface area (Å²) in [7, 11) is 0. The molecule has 0 bridgehead atoms. The van der Waals surface area contributed by atoms with Gasteiger partial charge >= 0.3 is 0 Å². The van der Waals surface area contributed by atoms with E-state index in [1.165, 1.54) is 12.8 Å². The molecule has 1 aromatic rings. The van der Waals surface area contributed by atoms with E-state index in [0.29, 0.717) is 22.2 Å². The quantitative estimate of drug-likeness (QED) is 0.725. The molecule has 108 valence electrons. The van der Waals surface area contributed by atoms with Crippen molar-refractivity contribution >= 4 is 29.0 Å². The lowest BCUT2D eigenvalue weighted by Gasteiger charge is -2.37. The fourth-order valence-electron chi connectivity index (χ4n) is 3.55. The van der Waals surface area contributed by atoms with Gasteiger partial charge in [-0.05, 0) is 43.9 Å². The van der Waals surface area contributed by atoms with Crippen LogP contribution in [0.1, 0.15) is 48.9 Å². The van der Waals surface area contributed by atoms with Gasteiger partial charge in [-0.1, -0.05) is 36.0 Å². The number of carbonyl (C=O) groups is 1. The van der Waals surface area contributed by atoms with Crippen LogP contribution in [0, 0.1) is 5.92 Å². The predicted octanol–water partition coefficient (Wildman–Crippen LogP) is 4.92. The van der Waals surface area contributed by atoms with Gasteiger partial charge in [-0.25, -0.2) is 0 Å². The van der Waals surface area contributed by atoms with Crippen molar-refractivity contribution in [3.8, 4) is 0 Å². The van der Waals surface area contributed by atoms with Gasteiger partial charge in [-0.15, -0.1) is 0 Å². The number of halogens is 2. The summed E-state index contributed by atoms with van der Waals surface area (Å²) in [6.07, 6.45) is 6.24. The van der Waals surface area contributed by atoms with E-state index in [-0.39, 0.29) is 17.3 Å². The number of ether oxygens (including phenoxy) is 1. The molecule has 2 aliphatic rings. The first-order valence-corrected chi connectivity index (χ1v) is 7.98. The van der Waals surface area contributed by atoms with Gasteiger partial charge in [0.25, 0.3) is 0 Å². The van der Waals surface area contributed by atoms with E-state index in [4.69, 9.17) is 27.9 Å². The molecule has 4 heteroatoms. The number of rotatable bonds is 2. The Labute approximate surface area is 129 Å². The zero-order valence-corrected chi connectivity index (χ0v) is 12.8. The Morgan fingerprint density at radius 1 is 1.15 bits per heavy atom. The Balaban J connectivity index is 1.79. The number of benzene rings is 1. The number of hydrogen-bond donors (Lipinski definition) is 0. The summed E-state index contributed by atoms with van der Waals surface area (Å²) >= 11 is 12.0. The largest absolute Gasteiger partial charge is 0.375 e. The lowest BCUT2D eigenvalue weighted by Crippen LogP contribution is -2.39. The van der Waals surface area contributed by atoms with Crippen LogP contribution in [0.4, 0.5) is 0 Å². The molecule has 1 atom stereocenters. The molecule has 1 unspecified atom stereocenters. The van der Waals surface area contributed by atoms with Gasteiger partial charge in [-0.3, -0.25) is 4.79 Å². The van der Waals surface area contributed by atoms with Gasteiger partial charge in [-0.2, -0.15) is 0 Å². The maximum Gasteiger partial charge on any atom is 0.166 e. The summed E-state index contributed by atoms with van der Waals surface area (Å²) in [5, 5.41) is 1.03. The van der Waals surface area contributed by atoms with Crippen LogP contribution in [0.25, 0.3) is 0 Å². The third-order valence-electron chi connectivity index (χ3n) is 4.53. The Kier molecular flexibility index (Phi) is 4.07. The number of hydrogen-bond acceptors (Lipinski definition) is 2. The summed E-state index contributed by atoms with van der Waals surface area (Å²) in [5.74, 6) is 0.195. The van der Waals surface area contributed by atoms with Gasteiger partial charge in [0.05, 0.1) is 5.60 Å². The van der Waals surface area contributed by atoms with Crippen LogP contribution in [0.15, 0.2) is 18.2 Å². The lowest BCUT2D eigenvalue weighted by molar-refractivity contribution is -0.0866. The fraction of sp³-hybridized carbons (Fsp3) is 0.562. The second-order valence-electron chi connectivity index (χ2n) is 5.95. The highest BCUT2D eigenvalue weighted by Crippen LogP contribution is 2.42. The van der Waals surface area contributed by atoms with Crippen molar-refractivity contribution in [3.05, 3.63) is 33.8 Å². The highest BCUT2D eigenvalue weighted by molar-refractivity contribution is 6.35. The highest BCUT2D eigenvalue weighted by Gasteiger charge is 2.42. The Hall–Kier alpha value is -0.570.